The van der Waals surface area contributed by atoms with Gasteiger partial charge in [0.15, 0.2) is 0 Å². The van der Waals surface area contributed by atoms with Gasteiger partial charge >= 0.3 is 5.97 Å². The fourth-order valence-electron chi connectivity index (χ4n) is 2.89. The predicted octanol–water partition coefficient (Wildman–Crippen LogP) is 0.585. The standard InChI is InChI=1S/C15H19N3O7S/c1-10-13(15(20)21)7-9-17(10)14(19)6-8-16-26(24,25)12-4-2-11(3-5-12)18(22)23/h2-5,10,13,16H,6-9H2,1H3,(H,20,21). The zero-order valence-corrected chi connectivity index (χ0v) is 14.8. The van der Waals surface area contributed by atoms with E-state index in [9.17, 15) is 28.1 Å². The second-order valence-electron chi connectivity index (χ2n) is 5.96. The highest BCUT2D eigenvalue weighted by Gasteiger charge is 2.37. The molecule has 0 radical (unpaired) electrons. The summed E-state index contributed by atoms with van der Waals surface area (Å²) in [5, 5.41) is 19.7. The number of nitrogens with one attached hydrogen (secondary N) is 1. The van der Waals surface area contributed by atoms with Gasteiger partial charge in [-0.15, -0.1) is 0 Å². The summed E-state index contributed by atoms with van der Waals surface area (Å²) in [7, 11) is -3.90. The van der Waals surface area contributed by atoms with Gasteiger partial charge in [-0.1, -0.05) is 0 Å². The Bertz CT molecular complexity index is 807. The minimum Gasteiger partial charge on any atom is -0.481 e. The molecule has 1 fully saturated rings. The number of nitro benzene ring substituents is 1. The van der Waals surface area contributed by atoms with Crippen LogP contribution in [0.5, 0.6) is 0 Å². The number of hydrogen-bond acceptors (Lipinski definition) is 6. The highest BCUT2D eigenvalue weighted by molar-refractivity contribution is 7.89. The van der Waals surface area contributed by atoms with E-state index in [0.29, 0.717) is 13.0 Å². The summed E-state index contributed by atoms with van der Waals surface area (Å²) in [6.07, 6.45) is 0.264. The van der Waals surface area contributed by atoms with Crippen LogP contribution < -0.4 is 4.72 Å². The average Bonchev–Trinajstić information content (AvgIpc) is 2.96. The van der Waals surface area contributed by atoms with Crippen LogP contribution in [0.2, 0.25) is 0 Å². The Hall–Kier alpha value is -2.53. The predicted molar refractivity (Wildman–Crippen MR) is 89.8 cm³/mol. The van der Waals surface area contributed by atoms with Gasteiger partial charge in [-0.2, -0.15) is 0 Å². The maximum absolute atomic E-state index is 12.2. The number of carbonyl (C=O) groups is 2. The van der Waals surface area contributed by atoms with Crippen LogP contribution in [0.15, 0.2) is 29.2 Å². The lowest BCUT2D eigenvalue weighted by Gasteiger charge is -2.23. The molecule has 11 heteroatoms. The first-order valence-corrected chi connectivity index (χ1v) is 9.38. The van der Waals surface area contributed by atoms with Crippen LogP contribution >= 0.6 is 0 Å². The Morgan fingerprint density at radius 1 is 1.35 bits per heavy atom. The van der Waals surface area contributed by atoms with Crippen molar-refractivity contribution in [1.82, 2.24) is 9.62 Å². The summed E-state index contributed by atoms with van der Waals surface area (Å²) in [4.78, 5) is 34.5. The van der Waals surface area contributed by atoms with E-state index >= 15 is 0 Å². The number of carboxylic acids is 1. The number of nitrogens with zero attached hydrogens (tertiary/aromatic N) is 2. The minimum atomic E-state index is -3.90. The summed E-state index contributed by atoms with van der Waals surface area (Å²) in [6, 6.07) is 3.95. The normalized spacial score (nSPS) is 20.1. The molecule has 2 N–H and O–H groups in total. The van der Waals surface area contributed by atoms with Gasteiger partial charge in [0.05, 0.1) is 15.7 Å². The fraction of sp³-hybridized carbons (Fsp3) is 0.467. The number of amides is 1. The number of carboxylic acid groups (broad SMARTS) is 1. The molecule has 1 aromatic carbocycles. The van der Waals surface area contributed by atoms with Gasteiger partial charge in [-0.3, -0.25) is 19.7 Å². The van der Waals surface area contributed by atoms with Crippen LogP contribution in [0.1, 0.15) is 19.8 Å². The fourth-order valence-corrected chi connectivity index (χ4v) is 3.92. The van der Waals surface area contributed by atoms with Crippen molar-refractivity contribution >= 4 is 27.6 Å². The third-order valence-electron chi connectivity index (χ3n) is 4.38. The summed E-state index contributed by atoms with van der Waals surface area (Å²) in [5.41, 5.74) is -0.227. The zero-order chi connectivity index (χ0) is 19.5. The highest BCUT2D eigenvalue weighted by Crippen LogP contribution is 2.24. The molecule has 2 atom stereocenters. The van der Waals surface area contributed by atoms with Gasteiger partial charge in [0.25, 0.3) is 5.69 Å². The Labute approximate surface area is 150 Å². The molecule has 0 bridgehead atoms. The molecule has 1 amide bonds. The lowest BCUT2D eigenvalue weighted by Crippen LogP contribution is -2.39. The number of carbonyl (C=O) groups excluding carboxylic acids is 1. The summed E-state index contributed by atoms with van der Waals surface area (Å²) in [6.45, 7) is 1.83. The highest BCUT2D eigenvalue weighted by atomic mass is 32.2. The van der Waals surface area contributed by atoms with E-state index in [2.05, 4.69) is 4.72 Å². The van der Waals surface area contributed by atoms with E-state index in [1.807, 2.05) is 0 Å². The molecule has 26 heavy (non-hydrogen) atoms. The van der Waals surface area contributed by atoms with Crippen LogP contribution in [0.3, 0.4) is 0 Å². The minimum absolute atomic E-state index is 0.108. The molecule has 1 aromatic rings. The average molecular weight is 385 g/mol. The Morgan fingerprint density at radius 2 is 1.96 bits per heavy atom. The summed E-state index contributed by atoms with van der Waals surface area (Å²) < 4.78 is 26.5. The monoisotopic (exact) mass is 385 g/mol. The van der Waals surface area contributed by atoms with E-state index in [4.69, 9.17) is 5.11 Å². The van der Waals surface area contributed by atoms with Crippen molar-refractivity contribution in [2.24, 2.45) is 5.92 Å². The van der Waals surface area contributed by atoms with Gasteiger partial charge in [-0.05, 0) is 25.5 Å². The Balaban J connectivity index is 1.91. The second-order valence-corrected chi connectivity index (χ2v) is 7.73. The number of nitro groups is 1. The van der Waals surface area contributed by atoms with Gasteiger partial charge in [0, 0.05) is 37.7 Å². The number of non-ortho nitro benzene ring substituents is 1. The molecular weight excluding hydrogens is 366 g/mol. The molecule has 2 rings (SSSR count). The van der Waals surface area contributed by atoms with E-state index in [0.717, 1.165) is 24.3 Å². The van der Waals surface area contributed by atoms with Crippen LogP contribution in [0.25, 0.3) is 0 Å². The van der Waals surface area contributed by atoms with Crippen LogP contribution in [-0.2, 0) is 19.6 Å². The molecule has 1 heterocycles. The van der Waals surface area contributed by atoms with E-state index in [-0.39, 0.29) is 29.5 Å². The van der Waals surface area contributed by atoms with Crippen molar-refractivity contribution < 1.29 is 28.0 Å². The van der Waals surface area contributed by atoms with Gasteiger partial charge in [0.2, 0.25) is 15.9 Å². The van der Waals surface area contributed by atoms with Crippen LogP contribution in [0, 0.1) is 16.0 Å². The van der Waals surface area contributed by atoms with Crippen molar-refractivity contribution in [3.05, 3.63) is 34.4 Å². The molecule has 0 saturated carbocycles. The van der Waals surface area contributed by atoms with Crippen LogP contribution in [-0.4, -0.2) is 54.4 Å². The quantitative estimate of drug-likeness (QED) is 0.515. The SMILES string of the molecule is CC1C(C(=O)O)CCN1C(=O)CCNS(=O)(=O)c1ccc([N+](=O)[O-])cc1. The summed E-state index contributed by atoms with van der Waals surface area (Å²) in [5.74, 6) is -1.89. The Kier molecular flexibility index (Phi) is 5.93. The molecule has 2 unspecified atom stereocenters. The van der Waals surface area contributed by atoms with Crippen molar-refractivity contribution in [3.8, 4) is 0 Å². The molecule has 0 aliphatic carbocycles. The van der Waals surface area contributed by atoms with Crippen molar-refractivity contribution in [1.29, 1.82) is 0 Å². The molecular formula is C15H19N3O7S. The first-order valence-electron chi connectivity index (χ1n) is 7.90. The molecule has 1 saturated heterocycles. The number of benzene rings is 1. The maximum atomic E-state index is 12.2. The van der Waals surface area contributed by atoms with E-state index < -0.39 is 32.9 Å². The van der Waals surface area contributed by atoms with Gasteiger partial charge in [-0.25, -0.2) is 13.1 Å². The molecule has 142 valence electrons. The zero-order valence-electron chi connectivity index (χ0n) is 14.0. The first kappa shape index (κ1) is 19.8. The third kappa shape index (κ3) is 4.35. The smallest absolute Gasteiger partial charge is 0.308 e. The molecule has 0 aromatic heterocycles. The van der Waals surface area contributed by atoms with E-state index in [1.165, 1.54) is 4.90 Å². The number of sulfonamides is 1. The molecule has 0 spiro atoms. The number of aliphatic carboxylic acids is 1. The molecule has 10 nitrogen and oxygen atoms in total. The Morgan fingerprint density at radius 3 is 2.46 bits per heavy atom. The topological polar surface area (TPSA) is 147 Å². The summed E-state index contributed by atoms with van der Waals surface area (Å²) >= 11 is 0. The largest absolute Gasteiger partial charge is 0.481 e. The number of likely N-dealkylation sites (tertiary alicyclic amines) is 1. The second kappa shape index (κ2) is 7.79. The maximum Gasteiger partial charge on any atom is 0.308 e. The lowest BCUT2D eigenvalue weighted by atomic mass is 10.0. The lowest BCUT2D eigenvalue weighted by molar-refractivity contribution is -0.384. The van der Waals surface area contributed by atoms with Crippen LogP contribution in [0.4, 0.5) is 5.69 Å². The molecule has 1 aliphatic heterocycles. The van der Waals surface area contributed by atoms with Crippen molar-refractivity contribution in [2.45, 2.75) is 30.7 Å². The molecule has 1 aliphatic rings. The van der Waals surface area contributed by atoms with Crippen molar-refractivity contribution in [2.75, 3.05) is 13.1 Å². The number of hydrogen-bond donors (Lipinski definition) is 2. The van der Waals surface area contributed by atoms with E-state index in [1.54, 1.807) is 6.92 Å². The van der Waals surface area contributed by atoms with Gasteiger partial charge in [0.1, 0.15) is 0 Å². The number of rotatable bonds is 7. The third-order valence-corrected chi connectivity index (χ3v) is 5.86. The van der Waals surface area contributed by atoms with Gasteiger partial charge < -0.3 is 10.0 Å². The first-order chi connectivity index (χ1) is 12.1. The van der Waals surface area contributed by atoms with Crippen molar-refractivity contribution in [3.63, 3.8) is 0 Å².